The number of carbonyl (C=O) groups is 1. The highest BCUT2D eigenvalue weighted by atomic mass is 19.1. The average molecular weight is 253 g/mol. The van der Waals surface area contributed by atoms with Crippen LogP contribution in [0.5, 0.6) is 11.5 Å². The summed E-state index contributed by atoms with van der Waals surface area (Å²) in [5.74, 6) is -0.108. The molecule has 0 heterocycles. The number of ether oxygens (including phenoxy) is 2. The number of likely N-dealkylation sites (N-methyl/N-ethyl adjacent to an activating group) is 1. The predicted octanol–water partition coefficient (Wildman–Crippen LogP) is 1.78. The highest BCUT2D eigenvalue weighted by Gasteiger charge is 2.28. The molecular weight excluding hydrogens is 237 g/mol. The van der Waals surface area contributed by atoms with E-state index in [4.69, 9.17) is 9.47 Å². The van der Waals surface area contributed by atoms with E-state index in [1.54, 1.807) is 7.05 Å². The maximum Gasteiger partial charge on any atom is 0.180 e. The Bertz CT molecular complexity index is 458. The molecule has 0 bridgehead atoms. The van der Waals surface area contributed by atoms with Gasteiger partial charge in [-0.2, -0.15) is 0 Å². The zero-order chi connectivity index (χ0) is 13.1. The van der Waals surface area contributed by atoms with Gasteiger partial charge in [-0.15, -0.1) is 0 Å². The fourth-order valence-electron chi connectivity index (χ4n) is 1.66. The number of rotatable bonds is 6. The van der Waals surface area contributed by atoms with Crippen LogP contribution in [0.2, 0.25) is 0 Å². The lowest BCUT2D eigenvalue weighted by molar-refractivity contribution is 0.0988. The first kappa shape index (κ1) is 12.8. The average Bonchev–Trinajstić information content (AvgIpc) is 3.15. The van der Waals surface area contributed by atoms with E-state index in [-0.39, 0.29) is 29.7 Å². The van der Waals surface area contributed by atoms with Crippen molar-refractivity contribution in [3.05, 3.63) is 23.5 Å². The first-order chi connectivity index (χ1) is 8.65. The van der Waals surface area contributed by atoms with Gasteiger partial charge in [-0.05, 0) is 26.0 Å². The van der Waals surface area contributed by atoms with Gasteiger partial charge in [0.15, 0.2) is 17.3 Å². The minimum atomic E-state index is -0.505. The number of hydrogen-bond donors (Lipinski definition) is 1. The molecule has 2 rings (SSSR count). The number of methoxy groups -OCH3 is 1. The number of ketones is 1. The Balaban J connectivity index is 2.39. The van der Waals surface area contributed by atoms with Crippen molar-refractivity contribution in [1.82, 2.24) is 5.32 Å². The lowest BCUT2D eigenvalue weighted by atomic mass is 10.1. The molecule has 4 nitrogen and oxygen atoms in total. The first-order valence-corrected chi connectivity index (χ1v) is 5.87. The third-order valence-electron chi connectivity index (χ3n) is 2.69. The molecule has 1 aliphatic carbocycles. The van der Waals surface area contributed by atoms with Gasteiger partial charge in [0.2, 0.25) is 0 Å². The molecule has 0 atom stereocenters. The number of halogens is 1. The number of hydrogen-bond acceptors (Lipinski definition) is 4. The van der Waals surface area contributed by atoms with Crippen molar-refractivity contribution in [2.75, 3.05) is 20.7 Å². The van der Waals surface area contributed by atoms with Gasteiger partial charge < -0.3 is 14.8 Å². The van der Waals surface area contributed by atoms with Crippen LogP contribution < -0.4 is 14.8 Å². The molecule has 0 saturated heterocycles. The standard InChI is InChI=1S/C13H16FNO3/c1-15-7-11(16)10-5-8(14)6-12(17-2)13(10)18-9-3-4-9/h5-6,9,15H,3-4,7H2,1-2H3. The van der Waals surface area contributed by atoms with Gasteiger partial charge >= 0.3 is 0 Å². The molecule has 0 radical (unpaired) electrons. The van der Waals surface area contributed by atoms with E-state index >= 15 is 0 Å². The van der Waals surface area contributed by atoms with Crippen LogP contribution in [0.15, 0.2) is 12.1 Å². The number of carbonyl (C=O) groups excluding carboxylic acids is 1. The van der Waals surface area contributed by atoms with Crippen molar-refractivity contribution in [3.63, 3.8) is 0 Å². The van der Waals surface area contributed by atoms with Crippen molar-refractivity contribution in [2.45, 2.75) is 18.9 Å². The largest absolute Gasteiger partial charge is 0.493 e. The van der Waals surface area contributed by atoms with Gasteiger partial charge in [0.1, 0.15) is 5.82 Å². The van der Waals surface area contributed by atoms with Crippen molar-refractivity contribution in [1.29, 1.82) is 0 Å². The van der Waals surface area contributed by atoms with E-state index in [2.05, 4.69) is 5.32 Å². The third kappa shape index (κ3) is 2.79. The molecule has 18 heavy (non-hydrogen) atoms. The molecule has 0 spiro atoms. The van der Waals surface area contributed by atoms with Gasteiger partial charge in [-0.1, -0.05) is 0 Å². The summed E-state index contributed by atoms with van der Waals surface area (Å²) in [6.07, 6.45) is 2.03. The number of benzene rings is 1. The molecule has 1 aliphatic rings. The Morgan fingerprint density at radius 1 is 1.50 bits per heavy atom. The van der Waals surface area contributed by atoms with Crippen LogP contribution in [-0.2, 0) is 0 Å². The van der Waals surface area contributed by atoms with Crippen LogP contribution >= 0.6 is 0 Å². The van der Waals surface area contributed by atoms with Gasteiger partial charge in [0, 0.05) is 6.07 Å². The molecule has 0 aromatic heterocycles. The maximum atomic E-state index is 13.4. The molecule has 1 N–H and O–H groups in total. The number of Topliss-reactive ketones (excluding diaryl/α,β-unsaturated/α-hetero) is 1. The summed E-state index contributed by atoms with van der Waals surface area (Å²) in [6, 6.07) is 2.42. The lowest BCUT2D eigenvalue weighted by Crippen LogP contribution is -2.20. The van der Waals surface area contributed by atoms with E-state index in [1.807, 2.05) is 0 Å². The minimum absolute atomic E-state index is 0.116. The van der Waals surface area contributed by atoms with Crippen LogP contribution in [0.3, 0.4) is 0 Å². The first-order valence-electron chi connectivity index (χ1n) is 5.87. The lowest BCUT2D eigenvalue weighted by Gasteiger charge is -2.14. The summed E-state index contributed by atoms with van der Waals surface area (Å²) in [5.41, 5.74) is 0.230. The monoisotopic (exact) mass is 253 g/mol. The molecule has 1 aromatic rings. The Hall–Kier alpha value is -1.62. The third-order valence-corrected chi connectivity index (χ3v) is 2.69. The van der Waals surface area contributed by atoms with E-state index < -0.39 is 5.82 Å². The van der Waals surface area contributed by atoms with E-state index in [9.17, 15) is 9.18 Å². The Labute approximate surface area is 105 Å². The van der Waals surface area contributed by atoms with Crippen LogP contribution in [0.25, 0.3) is 0 Å². The van der Waals surface area contributed by atoms with Crippen molar-refractivity contribution < 1.29 is 18.7 Å². The topological polar surface area (TPSA) is 47.6 Å². The van der Waals surface area contributed by atoms with Gasteiger partial charge in [0.05, 0.1) is 25.3 Å². The SMILES string of the molecule is CNCC(=O)c1cc(F)cc(OC)c1OC1CC1. The summed E-state index contributed by atoms with van der Waals surface area (Å²) in [5, 5.41) is 2.75. The quantitative estimate of drug-likeness (QED) is 0.785. The highest BCUT2D eigenvalue weighted by Crippen LogP contribution is 2.37. The van der Waals surface area contributed by atoms with E-state index in [0.29, 0.717) is 5.75 Å². The minimum Gasteiger partial charge on any atom is -0.493 e. The van der Waals surface area contributed by atoms with E-state index in [1.165, 1.54) is 19.2 Å². The summed E-state index contributed by atoms with van der Waals surface area (Å²) in [7, 11) is 3.09. The molecular formula is C13H16FNO3. The summed E-state index contributed by atoms with van der Waals surface area (Å²) in [4.78, 5) is 11.9. The summed E-state index contributed by atoms with van der Waals surface area (Å²) < 4.78 is 24.2. The summed E-state index contributed by atoms with van der Waals surface area (Å²) in [6.45, 7) is 0.133. The second-order valence-electron chi connectivity index (χ2n) is 4.26. The second kappa shape index (κ2) is 5.35. The Morgan fingerprint density at radius 3 is 2.78 bits per heavy atom. The highest BCUT2D eigenvalue weighted by molar-refractivity contribution is 6.00. The van der Waals surface area contributed by atoms with Crippen molar-refractivity contribution in [3.8, 4) is 11.5 Å². The number of nitrogens with one attached hydrogen (secondary N) is 1. The predicted molar refractivity (Wildman–Crippen MR) is 64.9 cm³/mol. The molecule has 0 unspecified atom stereocenters. The smallest absolute Gasteiger partial charge is 0.180 e. The molecule has 1 aromatic carbocycles. The normalized spacial score (nSPS) is 14.4. The fourth-order valence-corrected chi connectivity index (χ4v) is 1.66. The van der Waals surface area contributed by atoms with Gasteiger partial charge in [-0.25, -0.2) is 4.39 Å². The fraction of sp³-hybridized carbons (Fsp3) is 0.462. The molecule has 0 aliphatic heterocycles. The van der Waals surface area contributed by atoms with Crippen LogP contribution in [0.4, 0.5) is 4.39 Å². The molecule has 5 heteroatoms. The van der Waals surface area contributed by atoms with Gasteiger partial charge in [0.25, 0.3) is 0 Å². The maximum absolute atomic E-state index is 13.4. The van der Waals surface area contributed by atoms with E-state index in [0.717, 1.165) is 12.8 Å². The van der Waals surface area contributed by atoms with Crippen molar-refractivity contribution >= 4 is 5.78 Å². The summed E-state index contributed by atoms with van der Waals surface area (Å²) >= 11 is 0. The van der Waals surface area contributed by atoms with Crippen LogP contribution in [0, 0.1) is 5.82 Å². The Morgan fingerprint density at radius 2 is 2.22 bits per heavy atom. The second-order valence-corrected chi connectivity index (χ2v) is 4.26. The molecule has 0 amide bonds. The van der Waals surface area contributed by atoms with Gasteiger partial charge in [-0.3, -0.25) is 4.79 Å². The van der Waals surface area contributed by atoms with Crippen molar-refractivity contribution in [2.24, 2.45) is 0 Å². The molecule has 1 saturated carbocycles. The van der Waals surface area contributed by atoms with Crippen LogP contribution in [-0.4, -0.2) is 32.6 Å². The molecule has 98 valence electrons. The zero-order valence-corrected chi connectivity index (χ0v) is 10.5. The Kier molecular flexibility index (Phi) is 3.81. The zero-order valence-electron chi connectivity index (χ0n) is 10.5. The molecule has 1 fully saturated rings. The van der Waals surface area contributed by atoms with Crippen LogP contribution in [0.1, 0.15) is 23.2 Å².